The maximum absolute atomic E-state index is 11.7. The lowest BCUT2D eigenvalue weighted by Gasteiger charge is -2.26. The Kier molecular flexibility index (Phi) is 5.22. The number of aliphatic hydroxyl groups is 1. The number of hydrogen-bond acceptors (Lipinski definition) is 3. The number of thiophene rings is 1. The molecule has 0 atom stereocenters. The molecule has 1 aromatic rings. The van der Waals surface area contributed by atoms with Gasteiger partial charge in [-0.3, -0.25) is 0 Å². The van der Waals surface area contributed by atoms with E-state index in [0.717, 1.165) is 30.6 Å². The maximum atomic E-state index is 11.7. The highest BCUT2D eigenvalue weighted by molar-refractivity contribution is 7.09. The first-order valence-corrected chi connectivity index (χ1v) is 7.82. The highest BCUT2D eigenvalue weighted by atomic mass is 32.1. The Labute approximate surface area is 118 Å². The third kappa shape index (κ3) is 4.84. The monoisotopic (exact) mass is 282 g/mol. The second kappa shape index (κ2) is 6.91. The molecular weight excluding hydrogens is 260 g/mol. The Bertz CT molecular complexity index is 384. The zero-order valence-electron chi connectivity index (χ0n) is 11.2. The molecule has 1 aromatic heterocycles. The molecule has 1 saturated carbocycles. The minimum absolute atomic E-state index is 0.203. The molecule has 0 bridgehead atoms. The largest absolute Gasteiger partial charge is 0.388 e. The van der Waals surface area contributed by atoms with Gasteiger partial charge in [-0.1, -0.05) is 31.7 Å². The fourth-order valence-corrected chi connectivity index (χ4v) is 3.10. The van der Waals surface area contributed by atoms with Crippen LogP contribution in [0.1, 0.15) is 43.4 Å². The van der Waals surface area contributed by atoms with Gasteiger partial charge in [0, 0.05) is 11.4 Å². The van der Waals surface area contributed by atoms with Gasteiger partial charge in [0.2, 0.25) is 0 Å². The fraction of sp³-hybridized carbons (Fsp3) is 0.643. The van der Waals surface area contributed by atoms with Crippen molar-refractivity contribution in [2.45, 2.75) is 50.7 Å². The van der Waals surface area contributed by atoms with Crippen molar-refractivity contribution in [3.8, 4) is 0 Å². The lowest BCUT2D eigenvalue weighted by Crippen LogP contribution is -2.46. The van der Waals surface area contributed by atoms with Gasteiger partial charge in [-0.05, 0) is 24.3 Å². The van der Waals surface area contributed by atoms with E-state index in [1.165, 1.54) is 12.8 Å². The van der Waals surface area contributed by atoms with Crippen LogP contribution >= 0.6 is 11.3 Å². The van der Waals surface area contributed by atoms with Crippen molar-refractivity contribution in [1.29, 1.82) is 0 Å². The van der Waals surface area contributed by atoms with E-state index in [2.05, 4.69) is 10.6 Å². The van der Waals surface area contributed by atoms with Crippen molar-refractivity contribution < 1.29 is 9.90 Å². The lowest BCUT2D eigenvalue weighted by molar-refractivity contribution is 0.0277. The molecule has 2 rings (SSSR count). The Morgan fingerprint density at radius 3 is 2.63 bits per heavy atom. The second-order valence-electron chi connectivity index (χ2n) is 5.25. The topological polar surface area (TPSA) is 61.4 Å². The molecule has 1 fully saturated rings. The summed E-state index contributed by atoms with van der Waals surface area (Å²) in [5, 5.41) is 18.0. The molecule has 19 heavy (non-hydrogen) atoms. The number of rotatable bonds is 4. The van der Waals surface area contributed by atoms with Crippen molar-refractivity contribution in [3.63, 3.8) is 0 Å². The first-order chi connectivity index (χ1) is 9.18. The van der Waals surface area contributed by atoms with Crippen molar-refractivity contribution in [2.24, 2.45) is 0 Å². The first kappa shape index (κ1) is 14.3. The van der Waals surface area contributed by atoms with E-state index in [4.69, 9.17) is 0 Å². The predicted octanol–water partition coefficient (Wildman–Crippen LogP) is 2.63. The summed E-state index contributed by atoms with van der Waals surface area (Å²) in [4.78, 5) is 12.8. The summed E-state index contributed by atoms with van der Waals surface area (Å²) in [6, 6.07) is 3.75. The van der Waals surface area contributed by atoms with Gasteiger partial charge in [0.05, 0.1) is 12.1 Å². The van der Waals surface area contributed by atoms with E-state index in [9.17, 15) is 9.90 Å². The number of urea groups is 1. The summed E-state index contributed by atoms with van der Waals surface area (Å²) in [7, 11) is 0. The summed E-state index contributed by atoms with van der Waals surface area (Å²) in [5.74, 6) is 0. The van der Waals surface area contributed by atoms with E-state index in [1.807, 2.05) is 17.5 Å². The average Bonchev–Trinajstić information content (AvgIpc) is 2.83. The lowest BCUT2D eigenvalue weighted by atomic mass is 9.95. The highest BCUT2D eigenvalue weighted by Crippen LogP contribution is 2.26. The number of carbonyl (C=O) groups is 1. The Morgan fingerprint density at radius 1 is 1.26 bits per heavy atom. The van der Waals surface area contributed by atoms with Crippen LogP contribution in [0.3, 0.4) is 0 Å². The summed E-state index contributed by atoms with van der Waals surface area (Å²) in [6.07, 6.45) is 6.06. The molecule has 0 aliphatic heterocycles. The highest BCUT2D eigenvalue weighted by Gasteiger charge is 2.28. The molecule has 0 aromatic carbocycles. The molecule has 3 N–H and O–H groups in total. The fourth-order valence-electron chi connectivity index (χ4n) is 2.45. The van der Waals surface area contributed by atoms with Gasteiger partial charge in [0.15, 0.2) is 0 Å². The molecule has 0 radical (unpaired) electrons. The summed E-state index contributed by atoms with van der Waals surface area (Å²) < 4.78 is 0. The second-order valence-corrected chi connectivity index (χ2v) is 6.29. The maximum Gasteiger partial charge on any atom is 0.315 e. The molecular formula is C14H22N2O2S. The SMILES string of the molecule is O=C(NCc1cccs1)NCC1(O)CCCCCC1. The first-order valence-electron chi connectivity index (χ1n) is 6.94. The zero-order valence-corrected chi connectivity index (χ0v) is 12.0. The molecule has 1 aliphatic carbocycles. The van der Waals surface area contributed by atoms with Crippen molar-refractivity contribution in [1.82, 2.24) is 10.6 Å². The smallest absolute Gasteiger partial charge is 0.315 e. The molecule has 0 saturated heterocycles. The summed E-state index contributed by atoms with van der Waals surface area (Å²) in [6.45, 7) is 0.894. The van der Waals surface area contributed by atoms with Gasteiger partial charge in [0.25, 0.3) is 0 Å². The number of nitrogens with one attached hydrogen (secondary N) is 2. The quantitative estimate of drug-likeness (QED) is 0.743. The van der Waals surface area contributed by atoms with Gasteiger partial charge >= 0.3 is 6.03 Å². The van der Waals surface area contributed by atoms with E-state index in [1.54, 1.807) is 11.3 Å². The Hall–Kier alpha value is -1.07. The van der Waals surface area contributed by atoms with E-state index in [-0.39, 0.29) is 6.03 Å². The van der Waals surface area contributed by atoms with Crippen LogP contribution in [0.25, 0.3) is 0 Å². The minimum atomic E-state index is -0.712. The number of amides is 2. The standard InChI is InChI=1S/C14H22N2O2S/c17-13(15-10-12-6-5-9-19-12)16-11-14(18)7-3-1-2-4-8-14/h5-6,9,18H,1-4,7-8,10-11H2,(H2,15,16,17). The zero-order chi connectivity index (χ0) is 13.6. The third-order valence-corrected chi connectivity index (χ3v) is 4.49. The molecule has 106 valence electrons. The summed E-state index contributed by atoms with van der Waals surface area (Å²) >= 11 is 1.62. The molecule has 1 aliphatic rings. The molecule has 5 heteroatoms. The van der Waals surface area contributed by atoms with E-state index < -0.39 is 5.60 Å². The molecule has 1 heterocycles. The van der Waals surface area contributed by atoms with Crippen LogP contribution in [0, 0.1) is 0 Å². The average molecular weight is 282 g/mol. The summed E-state index contributed by atoms with van der Waals surface area (Å²) in [5.41, 5.74) is -0.712. The molecule has 0 spiro atoms. The Morgan fingerprint density at radius 2 is 2.00 bits per heavy atom. The van der Waals surface area contributed by atoms with E-state index >= 15 is 0 Å². The van der Waals surface area contributed by atoms with Gasteiger partial charge < -0.3 is 15.7 Å². The van der Waals surface area contributed by atoms with Crippen LogP contribution in [-0.4, -0.2) is 23.3 Å². The third-order valence-electron chi connectivity index (χ3n) is 3.62. The van der Waals surface area contributed by atoms with Gasteiger partial charge in [-0.15, -0.1) is 11.3 Å². The van der Waals surface area contributed by atoms with Crippen LogP contribution in [0.15, 0.2) is 17.5 Å². The van der Waals surface area contributed by atoms with Crippen LogP contribution in [0.2, 0.25) is 0 Å². The van der Waals surface area contributed by atoms with Crippen molar-refractivity contribution >= 4 is 17.4 Å². The van der Waals surface area contributed by atoms with E-state index in [0.29, 0.717) is 13.1 Å². The normalized spacial score (nSPS) is 18.6. The predicted molar refractivity (Wildman–Crippen MR) is 77.2 cm³/mol. The van der Waals surface area contributed by atoms with Crippen LogP contribution in [-0.2, 0) is 6.54 Å². The van der Waals surface area contributed by atoms with Crippen LogP contribution < -0.4 is 10.6 Å². The van der Waals surface area contributed by atoms with Gasteiger partial charge in [0.1, 0.15) is 0 Å². The molecule has 0 unspecified atom stereocenters. The van der Waals surface area contributed by atoms with Crippen LogP contribution in [0.4, 0.5) is 4.79 Å². The minimum Gasteiger partial charge on any atom is -0.388 e. The van der Waals surface area contributed by atoms with Crippen molar-refractivity contribution in [3.05, 3.63) is 22.4 Å². The Balaban J connectivity index is 1.70. The van der Waals surface area contributed by atoms with Gasteiger partial charge in [-0.25, -0.2) is 4.79 Å². The number of hydrogen-bond donors (Lipinski definition) is 3. The van der Waals surface area contributed by atoms with Gasteiger partial charge in [-0.2, -0.15) is 0 Å². The van der Waals surface area contributed by atoms with Crippen molar-refractivity contribution in [2.75, 3.05) is 6.54 Å². The van der Waals surface area contributed by atoms with Crippen LogP contribution in [0.5, 0.6) is 0 Å². The molecule has 2 amide bonds. The molecule has 4 nitrogen and oxygen atoms in total. The number of carbonyl (C=O) groups excluding carboxylic acids is 1.